The van der Waals surface area contributed by atoms with E-state index in [1.54, 1.807) is 0 Å². The summed E-state index contributed by atoms with van der Waals surface area (Å²) in [6.07, 6.45) is 9.77. The predicted octanol–water partition coefficient (Wildman–Crippen LogP) is 2.97. The first-order valence-corrected chi connectivity index (χ1v) is 7.13. The van der Waals surface area contributed by atoms with E-state index >= 15 is 0 Å². The zero-order valence-electron chi connectivity index (χ0n) is 10.8. The first-order chi connectivity index (χ1) is 7.85. The lowest BCUT2D eigenvalue weighted by Crippen LogP contribution is -2.40. The molecule has 0 spiro atoms. The van der Waals surface area contributed by atoms with Crippen molar-refractivity contribution in [3.63, 3.8) is 0 Å². The van der Waals surface area contributed by atoms with Gasteiger partial charge in [-0.15, -0.1) is 0 Å². The molecule has 2 heteroatoms. The maximum absolute atomic E-state index is 5.96. The molecule has 0 saturated heterocycles. The highest BCUT2D eigenvalue weighted by Gasteiger charge is 2.32. The maximum Gasteiger partial charge on any atom is 0.0534 e. The number of hydrogen-bond acceptors (Lipinski definition) is 2. The van der Waals surface area contributed by atoms with Gasteiger partial charge in [-0.3, -0.25) is 0 Å². The van der Waals surface area contributed by atoms with Crippen LogP contribution in [0.3, 0.4) is 0 Å². The third-order valence-electron chi connectivity index (χ3n) is 4.12. The van der Waals surface area contributed by atoms with E-state index in [-0.39, 0.29) is 0 Å². The number of hydrogen-bond donors (Lipinski definition) is 1. The van der Waals surface area contributed by atoms with Crippen molar-refractivity contribution in [1.82, 2.24) is 5.32 Å². The highest BCUT2D eigenvalue weighted by molar-refractivity contribution is 4.85. The predicted molar refractivity (Wildman–Crippen MR) is 67.6 cm³/mol. The number of nitrogens with one attached hydrogen (secondary N) is 1. The summed E-state index contributed by atoms with van der Waals surface area (Å²) < 4.78 is 5.96. The Morgan fingerprint density at radius 3 is 2.56 bits per heavy atom. The van der Waals surface area contributed by atoms with Gasteiger partial charge in [-0.25, -0.2) is 0 Å². The van der Waals surface area contributed by atoms with E-state index in [0.717, 1.165) is 32.2 Å². The van der Waals surface area contributed by atoms with Crippen LogP contribution in [0.1, 0.15) is 51.9 Å². The van der Waals surface area contributed by atoms with E-state index in [1.807, 2.05) is 0 Å². The number of ether oxygens (including phenoxy) is 1. The van der Waals surface area contributed by atoms with Crippen LogP contribution < -0.4 is 5.32 Å². The molecule has 0 unspecified atom stereocenters. The zero-order valence-corrected chi connectivity index (χ0v) is 10.8. The van der Waals surface area contributed by atoms with Crippen molar-refractivity contribution < 1.29 is 4.74 Å². The highest BCUT2D eigenvalue weighted by atomic mass is 16.5. The monoisotopic (exact) mass is 225 g/mol. The summed E-state index contributed by atoms with van der Waals surface area (Å²) in [6.45, 7) is 6.46. The van der Waals surface area contributed by atoms with Crippen LogP contribution in [0, 0.1) is 11.3 Å². The summed E-state index contributed by atoms with van der Waals surface area (Å²) in [5.41, 5.74) is 0.461. The second-order valence-corrected chi connectivity index (χ2v) is 5.80. The third kappa shape index (κ3) is 3.74. The standard InChI is InChI=1S/C14H27NO/c1-2-15-11-14(8-4-3-5-9-14)12-16-10-13-6-7-13/h13,15H,2-12H2,1H3. The van der Waals surface area contributed by atoms with Crippen LogP contribution in [0.25, 0.3) is 0 Å². The topological polar surface area (TPSA) is 21.3 Å². The second kappa shape index (κ2) is 6.02. The van der Waals surface area contributed by atoms with Gasteiger partial charge in [0.05, 0.1) is 6.61 Å². The normalized spacial score (nSPS) is 24.6. The van der Waals surface area contributed by atoms with Gasteiger partial charge in [0.25, 0.3) is 0 Å². The molecule has 0 radical (unpaired) electrons. The molecule has 2 fully saturated rings. The van der Waals surface area contributed by atoms with Crippen LogP contribution in [0.5, 0.6) is 0 Å². The molecule has 2 aliphatic rings. The fourth-order valence-electron chi connectivity index (χ4n) is 2.79. The summed E-state index contributed by atoms with van der Waals surface area (Å²) in [5.74, 6) is 0.903. The number of rotatable bonds is 7. The van der Waals surface area contributed by atoms with Gasteiger partial charge in [-0.1, -0.05) is 26.2 Å². The van der Waals surface area contributed by atoms with Gasteiger partial charge in [-0.2, -0.15) is 0 Å². The minimum atomic E-state index is 0.461. The van der Waals surface area contributed by atoms with Gasteiger partial charge in [-0.05, 0) is 38.1 Å². The average molecular weight is 225 g/mol. The third-order valence-corrected chi connectivity index (χ3v) is 4.12. The molecule has 0 heterocycles. The molecule has 2 saturated carbocycles. The van der Waals surface area contributed by atoms with E-state index in [9.17, 15) is 0 Å². The fourth-order valence-corrected chi connectivity index (χ4v) is 2.79. The van der Waals surface area contributed by atoms with E-state index in [0.29, 0.717) is 5.41 Å². The Kier molecular flexibility index (Phi) is 4.66. The molecular formula is C14H27NO. The molecule has 0 bridgehead atoms. The van der Waals surface area contributed by atoms with Crippen LogP contribution in [0.4, 0.5) is 0 Å². The van der Waals surface area contributed by atoms with Crippen molar-refractivity contribution in [3.8, 4) is 0 Å². The van der Waals surface area contributed by atoms with Crippen LogP contribution in [-0.4, -0.2) is 26.3 Å². The first kappa shape index (κ1) is 12.4. The van der Waals surface area contributed by atoms with E-state index in [4.69, 9.17) is 4.74 Å². The lowest BCUT2D eigenvalue weighted by molar-refractivity contribution is 0.0158. The Balaban J connectivity index is 1.74. The maximum atomic E-state index is 5.96. The molecule has 16 heavy (non-hydrogen) atoms. The molecule has 94 valence electrons. The molecular weight excluding hydrogens is 198 g/mol. The van der Waals surface area contributed by atoms with Crippen molar-refractivity contribution in [3.05, 3.63) is 0 Å². The van der Waals surface area contributed by atoms with Gasteiger partial charge in [0, 0.05) is 18.6 Å². The van der Waals surface area contributed by atoms with Crippen LogP contribution in [0.15, 0.2) is 0 Å². The Morgan fingerprint density at radius 1 is 1.19 bits per heavy atom. The second-order valence-electron chi connectivity index (χ2n) is 5.80. The average Bonchev–Trinajstić information content (AvgIpc) is 3.12. The van der Waals surface area contributed by atoms with Gasteiger partial charge in [0.2, 0.25) is 0 Å². The molecule has 0 aliphatic heterocycles. The van der Waals surface area contributed by atoms with Crippen LogP contribution in [-0.2, 0) is 4.74 Å². The summed E-state index contributed by atoms with van der Waals surface area (Å²) in [7, 11) is 0. The van der Waals surface area contributed by atoms with Crippen molar-refractivity contribution in [1.29, 1.82) is 0 Å². The van der Waals surface area contributed by atoms with E-state index in [1.165, 1.54) is 44.9 Å². The lowest BCUT2D eigenvalue weighted by atomic mass is 9.74. The molecule has 0 aromatic heterocycles. The molecule has 0 aromatic carbocycles. The summed E-state index contributed by atoms with van der Waals surface area (Å²) in [5, 5.41) is 3.53. The van der Waals surface area contributed by atoms with E-state index in [2.05, 4.69) is 12.2 Å². The van der Waals surface area contributed by atoms with Gasteiger partial charge < -0.3 is 10.1 Å². The Hall–Kier alpha value is -0.0800. The zero-order chi connectivity index (χ0) is 11.3. The van der Waals surface area contributed by atoms with Gasteiger partial charge in [0.1, 0.15) is 0 Å². The SMILES string of the molecule is CCNCC1(COCC2CC2)CCCCC1. The summed E-state index contributed by atoms with van der Waals surface area (Å²) >= 11 is 0. The smallest absolute Gasteiger partial charge is 0.0534 e. The van der Waals surface area contributed by atoms with Crippen molar-refractivity contribution in [2.24, 2.45) is 11.3 Å². The van der Waals surface area contributed by atoms with Crippen LogP contribution in [0.2, 0.25) is 0 Å². The molecule has 0 aromatic rings. The highest BCUT2D eigenvalue weighted by Crippen LogP contribution is 2.37. The Bertz CT molecular complexity index is 195. The Morgan fingerprint density at radius 2 is 1.94 bits per heavy atom. The minimum absolute atomic E-state index is 0.461. The minimum Gasteiger partial charge on any atom is -0.381 e. The van der Waals surface area contributed by atoms with Gasteiger partial charge >= 0.3 is 0 Å². The van der Waals surface area contributed by atoms with Crippen molar-refractivity contribution >= 4 is 0 Å². The fraction of sp³-hybridized carbons (Fsp3) is 1.00. The summed E-state index contributed by atoms with van der Waals surface area (Å²) in [4.78, 5) is 0. The molecule has 1 N–H and O–H groups in total. The Labute approximate surface area is 100 Å². The van der Waals surface area contributed by atoms with Crippen molar-refractivity contribution in [2.75, 3.05) is 26.3 Å². The van der Waals surface area contributed by atoms with Gasteiger partial charge in [0.15, 0.2) is 0 Å². The van der Waals surface area contributed by atoms with Crippen LogP contribution >= 0.6 is 0 Å². The lowest BCUT2D eigenvalue weighted by Gasteiger charge is -2.37. The molecule has 2 rings (SSSR count). The molecule has 2 aliphatic carbocycles. The molecule has 2 nitrogen and oxygen atoms in total. The van der Waals surface area contributed by atoms with E-state index < -0.39 is 0 Å². The summed E-state index contributed by atoms with van der Waals surface area (Å²) in [6, 6.07) is 0. The first-order valence-electron chi connectivity index (χ1n) is 7.13. The van der Waals surface area contributed by atoms with Crippen molar-refractivity contribution in [2.45, 2.75) is 51.9 Å². The quantitative estimate of drug-likeness (QED) is 0.719. The largest absolute Gasteiger partial charge is 0.381 e. The molecule has 0 atom stereocenters. The molecule has 0 amide bonds.